The SMILES string of the molecule is Cn1nnnc1-n1c(Br)nc2ccccc21. The first kappa shape index (κ1) is 9.46. The first-order chi connectivity index (χ1) is 7.77. The Balaban J connectivity index is 2.39. The number of aryl methyl sites for hydroxylation is 1. The number of fused-ring (bicyclic) bond motifs is 1. The highest BCUT2D eigenvalue weighted by Crippen LogP contribution is 2.22. The van der Waals surface area contributed by atoms with E-state index < -0.39 is 0 Å². The van der Waals surface area contributed by atoms with Crippen molar-refractivity contribution in [3.8, 4) is 5.95 Å². The number of hydrogen-bond acceptors (Lipinski definition) is 4. The second kappa shape index (κ2) is 3.38. The first-order valence-electron chi connectivity index (χ1n) is 4.63. The molecule has 2 heterocycles. The minimum atomic E-state index is 0.626. The Labute approximate surface area is 99.0 Å². The van der Waals surface area contributed by atoms with Gasteiger partial charge >= 0.3 is 0 Å². The molecule has 0 aliphatic carbocycles. The highest BCUT2D eigenvalue weighted by molar-refractivity contribution is 9.10. The molecule has 0 radical (unpaired) electrons. The van der Waals surface area contributed by atoms with E-state index in [1.807, 2.05) is 28.8 Å². The van der Waals surface area contributed by atoms with Crippen molar-refractivity contribution in [3.63, 3.8) is 0 Å². The van der Waals surface area contributed by atoms with Crippen LogP contribution in [0.2, 0.25) is 0 Å². The molecule has 0 saturated carbocycles. The Hall–Kier alpha value is -1.76. The molecule has 0 fully saturated rings. The maximum absolute atomic E-state index is 4.38. The summed E-state index contributed by atoms with van der Waals surface area (Å²) in [5.74, 6) is 0.626. The van der Waals surface area contributed by atoms with Crippen LogP contribution >= 0.6 is 15.9 Å². The lowest BCUT2D eigenvalue weighted by molar-refractivity contribution is 0.692. The van der Waals surface area contributed by atoms with Gasteiger partial charge in [-0.2, -0.15) is 0 Å². The van der Waals surface area contributed by atoms with Crippen molar-refractivity contribution in [2.24, 2.45) is 7.05 Å². The third-order valence-corrected chi connectivity index (χ3v) is 2.85. The third kappa shape index (κ3) is 1.25. The van der Waals surface area contributed by atoms with Gasteiger partial charge in [0.25, 0.3) is 5.95 Å². The van der Waals surface area contributed by atoms with E-state index in [1.54, 1.807) is 11.7 Å². The number of para-hydroxylation sites is 2. The molecule has 7 heteroatoms. The highest BCUT2D eigenvalue weighted by Gasteiger charge is 2.13. The Bertz CT molecular complexity index is 655. The van der Waals surface area contributed by atoms with E-state index in [1.165, 1.54) is 0 Å². The lowest BCUT2D eigenvalue weighted by Crippen LogP contribution is -2.04. The molecule has 1 aromatic carbocycles. The van der Waals surface area contributed by atoms with Gasteiger partial charge < -0.3 is 0 Å². The minimum absolute atomic E-state index is 0.626. The summed E-state index contributed by atoms with van der Waals surface area (Å²) >= 11 is 3.41. The molecule has 16 heavy (non-hydrogen) atoms. The Morgan fingerprint density at radius 1 is 1.25 bits per heavy atom. The number of rotatable bonds is 1. The van der Waals surface area contributed by atoms with Crippen molar-refractivity contribution >= 4 is 27.0 Å². The van der Waals surface area contributed by atoms with Crippen molar-refractivity contribution in [1.29, 1.82) is 0 Å². The van der Waals surface area contributed by atoms with Gasteiger partial charge in [-0.3, -0.25) is 4.57 Å². The summed E-state index contributed by atoms with van der Waals surface area (Å²) in [7, 11) is 1.79. The van der Waals surface area contributed by atoms with Gasteiger partial charge in [0.2, 0.25) is 0 Å². The number of hydrogen-bond donors (Lipinski definition) is 0. The molecular formula is C9H7BrN6. The molecule has 6 nitrogen and oxygen atoms in total. The lowest BCUT2D eigenvalue weighted by atomic mass is 10.3. The van der Waals surface area contributed by atoms with E-state index >= 15 is 0 Å². The summed E-state index contributed by atoms with van der Waals surface area (Å²) in [5, 5.41) is 11.4. The van der Waals surface area contributed by atoms with Crippen LogP contribution < -0.4 is 0 Å². The fourth-order valence-corrected chi connectivity index (χ4v) is 2.14. The number of benzene rings is 1. The monoisotopic (exact) mass is 278 g/mol. The van der Waals surface area contributed by atoms with E-state index in [4.69, 9.17) is 0 Å². The lowest BCUT2D eigenvalue weighted by Gasteiger charge is -2.01. The summed E-state index contributed by atoms with van der Waals surface area (Å²) in [5.41, 5.74) is 1.87. The van der Waals surface area contributed by atoms with Gasteiger partial charge in [-0.25, -0.2) is 9.67 Å². The van der Waals surface area contributed by atoms with Crippen LogP contribution in [0.1, 0.15) is 0 Å². The zero-order chi connectivity index (χ0) is 11.1. The van der Waals surface area contributed by atoms with Gasteiger partial charge in [-0.15, -0.1) is 0 Å². The number of halogens is 1. The minimum Gasteiger partial charge on any atom is -0.254 e. The molecule has 0 bridgehead atoms. The molecule has 80 valence electrons. The van der Waals surface area contributed by atoms with E-state index in [-0.39, 0.29) is 0 Å². The molecule has 0 N–H and O–H groups in total. The van der Waals surface area contributed by atoms with Crippen LogP contribution in [-0.2, 0) is 7.05 Å². The van der Waals surface area contributed by atoms with Crippen LogP contribution in [0.25, 0.3) is 17.0 Å². The third-order valence-electron chi connectivity index (χ3n) is 2.32. The van der Waals surface area contributed by atoms with Crippen LogP contribution in [0, 0.1) is 0 Å². The summed E-state index contributed by atoms with van der Waals surface area (Å²) in [4.78, 5) is 4.38. The normalized spacial score (nSPS) is 11.1. The summed E-state index contributed by atoms with van der Waals surface area (Å²) in [6, 6.07) is 7.82. The fourth-order valence-electron chi connectivity index (χ4n) is 1.60. The largest absolute Gasteiger partial charge is 0.256 e. The molecule has 3 aromatic rings. The average molecular weight is 279 g/mol. The van der Waals surface area contributed by atoms with Gasteiger partial charge in [0.05, 0.1) is 11.0 Å². The van der Waals surface area contributed by atoms with Gasteiger partial charge in [0.15, 0.2) is 4.73 Å². The standard InChI is InChI=1S/C9H7BrN6/c1-15-9(12-13-14-15)16-7-5-3-2-4-6(7)11-8(16)10/h2-5H,1H3. The topological polar surface area (TPSA) is 61.4 Å². The van der Waals surface area contributed by atoms with Crippen molar-refractivity contribution < 1.29 is 0 Å². The predicted molar refractivity (Wildman–Crippen MR) is 61.1 cm³/mol. The molecule has 0 unspecified atom stereocenters. The maximum Gasteiger partial charge on any atom is 0.256 e. The average Bonchev–Trinajstić information content (AvgIpc) is 2.81. The van der Waals surface area contributed by atoms with Crippen molar-refractivity contribution in [1.82, 2.24) is 29.8 Å². The van der Waals surface area contributed by atoms with E-state index in [0.29, 0.717) is 10.7 Å². The Morgan fingerprint density at radius 2 is 2.06 bits per heavy atom. The summed E-state index contributed by atoms with van der Waals surface area (Å²) in [6.45, 7) is 0. The van der Waals surface area contributed by atoms with Crippen LogP contribution in [0.3, 0.4) is 0 Å². The zero-order valence-corrected chi connectivity index (χ0v) is 9.96. The Kier molecular flexibility index (Phi) is 2.00. The highest BCUT2D eigenvalue weighted by atomic mass is 79.9. The molecular weight excluding hydrogens is 272 g/mol. The Morgan fingerprint density at radius 3 is 2.81 bits per heavy atom. The van der Waals surface area contributed by atoms with Crippen molar-refractivity contribution in [2.45, 2.75) is 0 Å². The quantitative estimate of drug-likeness (QED) is 0.674. The fraction of sp³-hybridized carbons (Fsp3) is 0.111. The maximum atomic E-state index is 4.38. The van der Waals surface area contributed by atoms with Crippen molar-refractivity contribution in [2.75, 3.05) is 0 Å². The molecule has 0 saturated heterocycles. The van der Waals surface area contributed by atoms with Crippen LogP contribution in [-0.4, -0.2) is 29.8 Å². The molecule has 0 aliphatic rings. The molecule has 0 aliphatic heterocycles. The second-order valence-electron chi connectivity index (χ2n) is 3.31. The van der Waals surface area contributed by atoms with Gasteiger partial charge in [-0.05, 0) is 38.5 Å². The van der Waals surface area contributed by atoms with Crippen LogP contribution in [0.15, 0.2) is 29.0 Å². The van der Waals surface area contributed by atoms with E-state index in [0.717, 1.165) is 11.0 Å². The second-order valence-corrected chi connectivity index (χ2v) is 4.02. The van der Waals surface area contributed by atoms with Gasteiger partial charge in [0.1, 0.15) is 0 Å². The zero-order valence-electron chi connectivity index (χ0n) is 8.37. The summed E-state index contributed by atoms with van der Waals surface area (Å²) in [6.07, 6.45) is 0. The first-order valence-corrected chi connectivity index (χ1v) is 5.42. The van der Waals surface area contributed by atoms with E-state index in [2.05, 4.69) is 36.4 Å². The molecule has 0 atom stereocenters. The smallest absolute Gasteiger partial charge is 0.254 e. The van der Waals surface area contributed by atoms with Crippen molar-refractivity contribution in [3.05, 3.63) is 29.0 Å². The molecule has 2 aromatic heterocycles. The number of aromatic nitrogens is 6. The summed E-state index contributed by atoms with van der Waals surface area (Å²) < 4.78 is 4.14. The molecule has 3 rings (SSSR count). The van der Waals surface area contributed by atoms with Gasteiger partial charge in [-0.1, -0.05) is 17.2 Å². The van der Waals surface area contributed by atoms with Crippen LogP contribution in [0.5, 0.6) is 0 Å². The van der Waals surface area contributed by atoms with E-state index in [9.17, 15) is 0 Å². The predicted octanol–water partition coefficient (Wildman–Crippen LogP) is 1.31. The number of imidazole rings is 1. The molecule has 0 amide bonds. The number of nitrogens with zero attached hydrogens (tertiary/aromatic N) is 6. The number of tetrazole rings is 1. The van der Waals surface area contributed by atoms with Crippen LogP contribution in [0.4, 0.5) is 0 Å². The van der Waals surface area contributed by atoms with Gasteiger partial charge in [0, 0.05) is 7.05 Å². The molecule has 0 spiro atoms.